The molecule has 2 unspecified atom stereocenters. The first kappa shape index (κ1) is 16.3. The van der Waals surface area contributed by atoms with E-state index in [1.54, 1.807) is 0 Å². The topological polar surface area (TPSA) is 75.0 Å². The van der Waals surface area contributed by atoms with Crippen molar-refractivity contribution >= 4 is 38.8 Å². The summed E-state index contributed by atoms with van der Waals surface area (Å²) in [7, 11) is -3.48. The molecule has 21 heavy (non-hydrogen) atoms. The quantitative estimate of drug-likeness (QED) is 0.843. The monoisotopic (exact) mass is 345 g/mol. The Hall–Kier alpha value is -1.09. The van der Waals surface area contributed by atoms with Gasteiger partial charge in [0, 0.05) is 10.0 Å². The summed E-state index contributed by atoms with van der Waals surface area (Å²) >= 11 is 11.8. The van der Waals surface area contributed by atoms with Crippen molar-refractivity contribution < 1.29 is 13.2 Å². The molecule has 1 saturated heterocycles. The number of hydrogen-bond acceptors (Lipinski definition) is 4. The Morgan fingerprint density at radius 3 is 2.62 bits per heavy atom. The van der Waals surface area contributed by atoms with Gasteiger partial charge in [-0.3, -0.25) is 4.79 Å². The van der Waals surface area contributed by atoms with E-state index in [4.69, 9.17) is 23.2 Å². The Kier molecular flexibility index (Phi) is 4.92. The molecule has 1 aliphatic rings. The molecule has 7 heteroatoms. The number of sulfone groups is 1. The SMILES string of the molecule is N#CC(C(=O)C1CCCCS1(=O)=O)c1ccc(Cl)cc1Cl. The highest BCUT2D eigenvalue weighted by atomic mass is 35.5. The summed E-state index contributed by atoms with van der Waals surface area (Å²) in [4.78, 5) is 12.5. The number of nitriles is 1. The highest BCUT2D eigenvalue weighted by molar-refractivity contribution is 7.92. The van der Waals surface area contributed by atoms with Gasteiger partial charge in [-0.1, -0.05) is 35.7 Å². The van der Waals surface area contributed by atoms with Crippen molar-refractivity contribution in [2.45, 2.75) is 30.4 Å². The van der Waals surface area contributed by atoms with Crippen LogP contribution in [0, 0.1) is 11.3 Å². The van der Waals surface area contributed by atoms with Gasteiger partial charge < -0.3 is 0 Å². The normalized spacial score (nSPS) is 22.2. The maximum atomic E-state index is 12.5. The highest BCUT2D eigenvalue weighted by Crippen LogP contribution is 2.32. The fourth-order valence-corrected chi connectivity index (χ4v) is 4.91. The van der Waals surface area contributed by atoms with Crippen molar-refractivity contribution in [3.63, 3.8) is 0 Å². The molecule has 0 amide bonds. The van der Waals surface area contributed by atoms with Crippen molar-refractivity contribution in [1.82, 2.24) is 0 Å². The number of benzene rings is 1. The van der Waals surface area contributed by atoms with Gasteiger partial charge in [-0.05, 0) is 30.5 Å². The molecule has 0 bridgehead atoms. The minimum Gasteiger partial charge on any atom is -0.296 e. The molecule has 1 heterocycles. The molecule has 0 saturated carbocycles. The summed E-state index contributed by atoms with van der Waals surface area (Å²) in [5.74, 6) is -1.79. The molecular formula is C14H13Cl2NO3S. The third-order valence-corrected chi connectivity index (χ3v) is 6.34. The van der Waals surface area contributed by atoms with E-state index >= 15 is 0 Å². The van der Waals surface area contributed by atoms with Gasteiger partial charge in [0.05, 0.1) is 11.8 Å². The van der Waals surface area contributed by atoms with Gasteiger partial charge in [-0.15, -0.1) is 0 Å². The van der Waals surface area contributed by atoms with Crippen LogP contribution < -0.4 is 0 Å². The summed E-state index contributed by atoms with van der Waals surface area (Å²) in [5.41, 5.74) is 0.300. The van der Waals surface area contributed by atoms with Gasteiger partial charge in [0.1, 0.15) is 11.2 Å². The molecule has 1 aliphatic heterocycles. The van der Waals surface area contributed by atoms with Crippen molar-refractivity contribution in [3.8, 4) is 6.07 Å². The maximum Gasteiger partial charge on any atom is 0.172 e. The van der Waals surface area contributed by atoms with E-state index < -0.39 is 26.8 Å². The molecule has 1 fully saturated rings. The number of Topliss-reactive ketones (excluding diaryl/α,β-unsaturated/α-hetero) is 1. The van der Waals surface area contributed by atoms with Gasteiger partial charge in [0.15, 0.2) is 15.6 Å². The number of hydrogen-bond donors (Lipinski definition) is 0. The van der Waals surface area contributed by atoms with E-state index in [1.165, 1.54) is 18.2 Å². The molecule has 0 N–H and O–H groups in total. The molecule has 112 valence electrons. The van der Waals surface area contributed by atoms with Gasteiger partial charge in [-0.2, -0.15) is 5.26 Å². The average molecular weight is 346 g/mol. The predicted molar refractivity (Wildman–Crippen MR) is 81.2 cm³/mol. The molecule has 0 aliphatic carbocycles. The standard InChI is InChI=1S/C14H13Cl2NO3S/c15-9-4-5-10(12(16)7-9)11(8-17)14(18)13-3-1-2-6-21(13,19)20/h4-5,7,11,13H,1-3,6H2. The van der Waals surface area contributed by atoms with Crippen molar-refractivity contribution in [2.24, 2.45) is 0 Å². The van der Waals surface area contributed by atoms with Gasteiger partial charge in [0.25, 0.3) is 0 Å². The van der Waals surface area contributed by atoms with Crippen LogP contribution in [0.1, 0.15) is 30.7 Å². The lowest BCUT2D eigenvalue weighted by Crippen LogP contribution is -2.38. The van der Waals surface area contributed by atoms with E-state index in [9.17, 15) is 18.5 Å². The van der Waals surface area contributed by atoms with E-state index in [-0.39, 0.29) is 17.2 Å². The molecule has 0 spiro atoms. The second kappa shape index (κ2) is 6.35. The summed E-state index contributed by atoms with van der Waals surface area (Å²) in [6.45, 7) is 0. The fourth-order valence-electron chi connectivity index (χ4n) is 2.48. The zero-order valence-corrected chi connectivity index (χ0v) is 13.4. The number of carbonyl (C=O) groups is 1. The van der Waals surface area contributed by atoms with E-state index in [1.807, 2.05) is 6.07 Å². The summed E-state index contributed by atoms with van der Waals surface area (Å²) < 4.78 is 24.1. The third-order valence-electron chi connectivity index (χ3n) is 3.58. The molecule has 1 aromatic carbocycles. The lowest BCUT2D eigenvalue weighted by molar-refractivity contribution is -0.119. The second-order valence-corrected chi connectivity index (χ2v) is 8.13. The summed E-state index contributed by atoms with van der Waals surface area (Å²) in [5, 5.41) is 8.76. The van der Waals surface area contributed by atoms with Crippen LogP contribution in [0.5, 0.6) is 0 Å². The fraction of sp³-hybridized carbons (Fsp3) is 0.429. The van der Waals surface area contributed by atoms with Gasteiger partial charge in [-0.25, -0.2) is 8.42 Å². The smallest absolute Gasteiger partial charge is 0.172 e. The van der Waals surface area contributed by atoms with Crippen LogP contribution in [0.2, 0.25) is 10.0 Å². The van der Waals surface area contributed by atoms with Crippen LogP contribution in [-0.2, 0) is 14.6 Å². The van der Waals surface area contributed by atoms with Crippen LogP contribution in [0.15, 0.2) is 18.2 Å². The minimum absolute atomic E-state index is 0.00406. The molecule has 4 nitrogen and oxygen atoms in total. The van der Waals surface area contributed by atoms with Crippen LogP contribution in [0.3, 0.4) is 0 Å². The molecule has 2 atom stereocenters. The first-order valence-corrected chi connectivity index (χ1v) is 8.94. The van der Waals surface area contributed by atoms with E-state index in [2.05, 4.69) is 0 Å². The maximum absolute atomic E-state index is 12.5. The van der Waals surface area contributed by atoms with E-state index in [0.717, 1.165) is 0 Å². The Morgan fingerprint density at radius 2 is 2.05 bits per heavy atom. The second-order valence-electron chi connectivity index (χ2n) is 4.98. The first-order valence-electron chi connectivity index (χ1n) is 6.46. The minimum atomic E-state index is -3.48. The number of carbonyl (C=O) groups excluding carboxylic acids is 1. The van der Waals surface area contributed by atoms with Gasteiger partial charge >= 0.3 is 0 Å². The number of ketones is 1. The van der Waals surface area contributed by atoms with Crippen LogP contribution in [0.25, 0.3) is 0 Å². The Morgan fingerprint density at radius 1 is 1.33 bits per heavy atom. The summed E-state index contributed by atoms with van der Waals surface area (Å²) in [6.07, 6.45) is 1.50. The number of rotatable bonds is 3. The lowest BCUT2D eigenvalue weighted by Gasteiger charge is -2.23. The highest BCUT2D eigenvalue weighted by Gasteiger charge is 2.39. The predicted octanol–water partition coefficient (Wildman–Crippen LogP) is 3.14. The first-order chi connectivity index (χ1) is 9.86. The van der Waals surface area contributed by atoms with Crippen molar-refractivity contribution in [3.05, 3.63) is 33.8 Å². The molecule has 0 radical (unpaired) electrons. The summed E-state index contributed by atoms with van der Waals surface area (Å²) in [6, 6.07) is 6.32. The molecular weight excluding hydrogens is 333 g/mol. The van der Waals surface area contributed by atoms with Crippen LogP contribution in [-0.4, -0.2) is 25.2 Å². The molecule has 0 aromatic heterocycles. The zero-order chi connectivity index (χ0) is 15.6. The van der Waals surface area contributed by atoms with Gasteiger partial charge in [0.2, 0.25) is 0 Å². The Bertz CT molecular complexity index is 709. The zero-order valence-electron chi connectivity index (χ0n) is 11.1. The number of nitrogens with zero attached hydrogens (tertiary/aromatic N) is 1. The molecule has 1 aromatic rings. The Labute approximate surface area is 133 Å². The van der Waals surface area contributed by atoms with Crippen molar-refractivity contribution in [2.75, 3.05) is 5.75 Å². The Balaban J connectivity index is 2.37. The number of halogens is 2. The largest absolute Gasteiger partial charge is 0.296 e. The van der Waals surface area contributed by atoms with Crippen LogP contribution >= 0.6 is 23.2 Å². The average Bonchev–Trinajstić information content (AvgIpc) is 2.41. The molecule has 2 rings (SSSR count). The van der Waals surface area contributed by atoms with E-state index in [0.29, 0.717) is 23.4 Å². The van der Waals surface area contributed by atoms with Crippen LogP contribution in [0.4, 0.5) is 0 Å². The third kappa shape index (κ3) is 3.39. The van der Waals surface area contributed by atoms with Crippen molar-refractivity contribution in [1.29, 1.82) is 5.26 Å². The lowest BCUT2D eigenvalue weighted by atomic mass is 9.92.